The van der Waals surface area contributed by atoms with Crippen LogP contribution in [-0.2, 0) is 38.5 Å². The monoisotopic (exact) mass is 666 g/mol. The van der Waals surface area contributed by atoms with Gasteiger partial charge in [0, 0.05) is 0 Å². The topological polar surface area (TPSA) is 0 Å². The number of benzene rings is 4. The molecule has 3 aliphatic rings. The molecule has 4 aromatic rings. The fourth-order valence-corrected chi connectivity index (χ4v) is 16.9. The average molecular weight is 668 g/mol. The van der Waals surface area contributed by atoms with Gasteiger partial charge in [0.2, 0.25) is 0 Å². The zero-order chi connectivity index (χ0) is 32.1. The normalized spacial score (nSPS) is 17.6. The van der Waals surface area contributed by atoms with Gasteiger partial charge in [0.1, 0.15) is 0 Å². The first-order valence-corrected chi connectivity index (χ1v) is 20.5. The third-order valence-corrected chi connectivity index (χ3v) is 18.2. The van der Waals surface area contributed by atoms with Crippen molar-refractivity contribution < 1.29 is 21.3 Å². The van der Waals surface area contributed by atoms with E-state index in [1.807, 2.05) is 0 Å². The van der Waals surface area contributed by atoms with E-state index < -0.39 is 21.3 Å². The van der Waals surface area contributed by atoms with Crippen molar-refractivity contribution in [2.45, 2.75) is 86.5 Å². The van der Waals surface area contributed by atoms with E-state index in [2.05, 4.69) is 160 Å². The molecule has 0 amide bonds. The molecule has 228 valence electrons. The van der Waals surface area contributed by atoms with E-state index in [9.17, 15) is 0 Å². The molecule has 1 atom stereocenters. The Bertz CT molecular complexity index is 2080. The van der Waals surface area contributed by atoms with Gasteiger partial charge in [-0.3, -0.25) is 0 Å². The fraction of sp³-hybridized carbons (Fsp3) is 0.341. The Balaban J connectivity index is 1.61. The molecule has 0 bridgehead atoms. The van der Waals surface area contributed by atoms with Gasteiger partial charge in [-0.15, -0.1) is 0 Å². The van der Waals surface area contributed by atoms with E-state index in [1.54, 1.807) is 20.5 Å². The van der Waals surface area contributed by atoms with E-state index in [4.69, 9.17) is 0 Å². The Morgan fingerprint density at radius 3 is 2.04 bits per heavy atom. The van der Waals surface area contributed by atoms with Gasteiger partial charge in [-0.25, -0.2) is 0 Å². The summed E-state index contributed by atoms with van der Waals surface area (Å²) in [6.07, 6.45) is 8.79. The van der Waals surface area contributed by atoms with Crippen molar-refractivity contribution in [1.82, 2.24) is 0 Å². The Morgan fingerprint density at radius 2 is 1.36 bits per heavy atom. The summed E-state index contributed by atoms with van der Waals surface area (Å²) in [4.78, 5) is 0. The van der Waals surface area contributed by atoms with Gasteiger partial charge in [0.15, 0.2) is 0 Å². The predicted molar refractivity (Wildman–Crippen MR) is 190 cm³/mol. The molecule has 0 N–H and O–H groups in total. The third kappa shape index (κ3) is 5.19. The van der Waals surface area contributed by atoms with Gasteiger partial charge in [-0.05, 0) is 0 Å². The third-order valence-electron chi connectivity index (χ3n) is 10.3. The Hall–Kier alpha value is -2.89. The van der Waals surface area contributed by atoms with Gasteiger partial charge in [-0.2, -0.15) is 0 Å². The number of hydrogen-bond acceptors (Lipinski definition) is 0. The molecule has 0 radical (unpaired) electrons. The van der Waals surface area contributed by atoms with E-state index in [0.29, 0.717) is 5.92 Å². The molecule has 4 aromatic carbocycles. The molecule has 0 fully saturated rings. The first kappa shape index (κ1) is 30.8. The van der Waals surface area contributed by atoms with E-state index in [1.165, 1.54) is 49.7 Å². The second kappa shape index (κ2) is 10.6. The maximum absolute atomic E-state index is 2.80. The summed E-state index contributed by atoms with van der Waals surface area (Å²) >= 11 is -2.80. The minimum absolute atomic E-state index is 0.0504. The van der Waals surface area contributed by atoms with Crippen LogP contribution in [0.3, 0.4) is 0 Å². The van der Waals surface area contributed by atoms with Crippen LogP contribution < -0.4 is 8.49 Å². The van der Waals surface area contributed by atoms with Crippen molar-refractivity contribution in [2.75, 3.05) is 0 Å². The summed E-state index contributed by atoms with van der Waals surface area (Å²) in [6.45, 7) is 23.9. The second-order valence-electron chi connectivity index (χ2n) is 16.7. The quantitative estimate of drug-likeness (QED) is 0.172. The summed E-state index contributed by atoms with van der Waals surface area (Å²) in [5, 5.41) is 1.48. The molecule has 1 unspecified atom stereocenters. The molecule has 0 aromatic heterocycles. The van der Waals surface area contributed by atoms with Crippen molar-refractivity contribution in [2.24, 2.45) is 11.3 Å². The van der Waals surface area contributed by atoms with Gasteiger partial charge in [0.25, 0.3) is 0 Å². The summed E-state index contributed by atoms with van der Waals surface area (Å²) < 4.78 is 5.10. The molecule has 7 rings (SSSR count). The molecule has 3 aliphatic carbocycles. The second-order valence-corrected chi connectivity index (χ2v) is 22.5. The van der Waals surface area contributed by atoms with Crippen LogP contribution in [0.25, 0.3) is 28.3 Å². The average Bonchev–Trinajstić information content (AvgIpc) is 3.65. The SMILES string of the molecule is CC1C=C(C(C)(C)C)C=[C]1[Zr]([c]1c(C(C)(C)C)ccc2c1Cc1cc(C(C)(C)C)ccc1-2)=[c]1cccc2c1=Cc1ccccc1-2. The van der Waals surface area contributed by atoms with Crippen LogP contribution >= 0.6 is 0 Å². The minimum atomic E-state index is -2.80. The van der Waals surface area contributed by atoms with Crippen LogP contribution in [0.2, 0.25) is 0 Å². The first-order valence-electron chi connectivity index (χ1n) is 16.8. The van der Waals surface area contributed by atoms with Crippen molar-refractivity contribution in [3.05, 3.63) is 130 Å². The van der Waals surface area contributed by atoms with Gasteiger partial charge in [0.05, 0.1) is 0 Å². The molecular formula is C44H48Zr. The zero-order valence-electron chi connectivity index (χ0n) is 28.9. The molecule has 0 spiro atoms. The molecule has 45 heavy (non-hydrogen) atoms. The van der Waals surface area contributed by atoms with Crippen molar-refractivity contribution in [1.29, 1.82) is 0 Å². The number of allylic oxidation sites excluding steroid dienone is 4. The molecule has 0 saturated carbocycles. The number of fused-ring (bicyclic) bond motifs is 6. The molecule has 0 nitrogen and oxygen atoms in total. The zero-order valence-corrected chi connectivity index (χ0v) is 31.4. The van der Waals surface area contributed by atoms with Crippen LogP contribution in [0, 0.1) is 14.2 Å². The van der Waals surface area contributed by atoms with Gasteiger partial charge >= 0.3 is 280 Å². The Labute approximate surface area is 278 Å². The van der Waals surface area contributed by atoms with Crippen LogP contribution in [0.4, 0.5) is 0 Å². The summed E-state index contributed by atoms with van der Waals surface area (Å²) in [5.74, 6) is 0.452. The Morgan fingerprint density at radius 1 is 0.644 bits per heavy atom. The number of rotatable bonds is 2. The predicted octanol–water partition coefficient (Wildman–Crippen LogP) is 10.4. The van der Waals surface area contributed by atoms with Crippen molar-refractivity contribution in [3.8, 4) is 22.3 Å². The molecule has 0 saturated heterocycles. The number of hydrogen-bond donors (Lipinski definition) is 0. The van der Waals surface area contributed by atoms with Gasteiger partial charge < -0.3 is 0 Å². The summed E-state index contributed by atoms with van der Waals surface area (Å²) in [6, 6.07) is 28.5. The maximum atomic E-state index is 2.66. The Kier molecular flexibility index (Phi) is 7.22. The standard InChI is InChI=1S/C21H25.C13H8.C10H15.Zr/c1-20(2,3)16-7-9-18-14(12-16)11-15-13-17(21(4,5)6)8-10-19(15)18;1-3-7-12-10(5-1)9-11-6-2-4-8-13(11)12;1-8-5-6-9(7-8)10(2,3)4;/h7-10,12H,11H2,1-6H3;1-5,7-9H;6-8H,1-4H3;. The first-order chi connectivity index (χ1) is 21.1. The van der Waals surface area contributed by atoms with Crippen LogP contribution in [0.15, 0.2) is 93.8 Å². The van der Waals surface area contributed by atoms with Crippen LogP contribution in [-0.4, -0.2) is 0 Å². The van der Waals surface area contributed by atoms with E-state index in [-0.39, 0.29) is 16.2 Å². The fourth-order valence-electron chi connectivity index (χ4n) is 7.76. The summed E-state index contributed by atoms with van der Waals surface area (Å²) in [7, 11) is 0. The summed E-state index contributed by atoms with van der Waals surface area (Å²) in [5.41, 5.74) is 15.0. The van der Waals surface area contributed by atoms with Crippen LogP contribution in [0.1, 0.15) is 97.1 Å². The van der Waals surface area contributed by atoms with Gasteiger partial charge in [-0.1, -0.05) is 0 Å². The van der Waals surface area contributed by atoms with Crippen molar-refractivity contribution in [3.63, 3.8) is 0 Å². The van der Waals surface area contributed by atoms with E-state index >= 15 is 0 Å². The van der Waals surface area contributed by atoms with Crippen molar-refractivity contribution >= 4 is 9.35 Å². The molecule has 1 heteroatoms. The molecule has 0 aliphatic heterocycles. The molecule has 0 heterocycles. The molecular weight excluding hydrogens is 620 g/mol. The van der Waals surface area contributed by atoms with Crippen LogP contribution in [0.5, 0.6) is 0 Å². The van der Waals surface area contributed by atoms with E-state index in [0.717, 1.165) is 6.42 Å².